The molecule has 2 aromatic carbocycles. The molecule has 0 aliphatic carbocycles. The molecule has 0 bridgehead atoms. The number of urea groups is 1. The summed E-state index contributed by atoms with van der Waals surface area (Å²) >= 11 is 0. The second kappa shape index (κ2) is 7.61. The molecule has 1 atom stereocenters. The predicted octanol–water partition coefficient (Wildman–Crippen LogP) is 4.02. The Morgan fingerprint density at radius 3 is 2.59 bits per heavy atom. The number of hydrogen-bond acceptors (Lipinski definition) is 2. The zero-order valence-electron chi connectivity index (χ0n) is 13.2. The Balaban J connectivity index is 1.94. The normalized spacial score (nSPS) is 11.8. The van der Waals surface area contributed by atoms with E-state index in [2.05, 4.69) is 10.6 Å². The van der Waals surface area contributed by atoms with Gasteiger partial charge in [-0.05, 0) is 37.1 Å². The van der Waals surface area contributed by atoms with Crippen LogP contribution in [0, 0.1) is 6.92 Å². The summed E-state index contributed by atoms with van der Waals surface area (Å²) < 4.78 is 5.09. The zero-order chi connectivity index (χ0) is 15.9. The van der Waals surface area contributed by atoms with Crippen LogP contribution in [0.15, 0.2) is 48.5 Å². The third-order valence-corrected chi connectivity index (χ3v) is 3.42. The van der Waals surface area contributed by atoms with Gasteiger partial charge in [-0.15, -0.1) is 0 Å². The van der Waals surface area contributed by atoms with Gasteiger partial charge in [-0.25, -0.2) is 4.79 Å². The molecule has 22 heavy (non-hydrogen) atoms. The molecule has 2 rings (SSSR count). The van der Waals surface area contributed by atoms with E-state index >= 15 is 0 Å². The van der Waals surface area contributed by atoms with E-state index in [1.54, 1.807) is 7.11 Å². The van der Waals surface area contributed by atoms with E-state index in [1.807, 2.05) is 62.4 Å². The van der Waals surface area contributed by atoms with Gasteiger partial charge in [-0.1, -0.05) is 42.0 Å². The van der Waals surface area contributed by atoms with Crippen LogP contribution in [-0.2, 0) is 11.3 Å². The van der Waals surface area contributed by atoms with E-state index in [0.29, 0.717) is 6.61 Å². The molecule has 0 aromatic heterocycles. The Labute approximate surface area is 131 Å². The van der Waals surface area contributed by atoms with Gasteiger partial charge in [0.2, 0.25) is 0 Å². The number of amides is 2. The molecule has 0 radical (unpaired) electrons. The molecule has 0 saturated carbocycles. The van der Waals surface area contributed by atoms with Gasteiger partial charge in [0.05, 0.1) is 12.6 Å². The minimum atomic E-state index is -0.220. The van der Waals surface area contributed by atoms with Crippen molar-refractivity contribution < 1.29 is 9.53 Å². The topological polar surface area (TPSA) is 50.4 Å². The minimum Gasteiger partial charge on any atom is -0.380 e. The fourth-order valence-corrected chi connectivity index (χ4v) is 2.21. The number of nitrogens with one attached hydrogen (secondary N) is 2. The van der Waals surface area contributed by atoms with Gasteiger partial charge in [0.1, 0.15) is 0 Å². The largest absolute Gasteiger partial charge is 0.380 e. The van der Waals surface area contributed by atoms with Crippen molar-refractivity contribution >= 4 is 11.7 Å². The van der Waals surface area contributed by atoms with Crippen LogP contribution < -0.4 is 10.6 Å². The van der Waals surface area contributed by atoms with Crippen LogP contribution in [0.1, 0.15) is 29.7 Å². The lowest BCUT2D eigenvalue weighted by molar-refractivity contribution is 0.185. The highest BCUT2D eigenvalue weighted by Gasteiger charge is 2.09. The van der Waals surface area contributed by atoms with Crippen LogP contribution in [0.3, 0.4) is 0 Å². The van der Waals surface area contributed by atoms with Crippen molar-refractivity contribution in [1.82, 2.24) is 5.32 Å². The second-order valence-corrected chi connectivity index (χ2v) is 5.36. The smallest absolute Gasteiger partial charge is 0.319 e. The summed E-state index contributed by atoms with van der Waals surface area (Å²) in [5, 5.41) is 5.78. The van der Waals surface area contributed by atoms with Crippen LogP contribution in [0.4, 0.5) is 10.5 Å². The molecule has 2 aromatic rings. The molecule has 4 nitrogen and oxygen atoms in total. The molecular formula is C18H22N2O2. The second-order valence-electron chi connectivity index (χ2n) is 5.36. The van der Waals surface area contributed by atoms with E-state index in [4.69, 9.17) is 4.74 Å². The summed E-state index contributed by atoms with van der Waals surface area (Å²) in [6.45, 7) is 4.53. The number of carbonyl (C=O) groups excluding carboxylic acids is 1. The van der Waals surface area contributed by atoms with Crippen molar-refractivity contribution in [2.75, 3.05) is 12.4 Å². The van der Waals surface area contributed by atoms with E-state index in [0.717, 1.165) is 16.8 Å². The number of hydrogen-bond donors (Lipinski definition) is 2. The lowest BCUT2D eigenvalue weighted by atomic mass is 10.1. The first-order valence-corrected chi connectivity index (χ1v) is 7.30. The maximum absolute atomic E-state index is 12.1. The molecule has 116 valence electrons. The Kier molecular flexibility index (Phi) is 5.55. The number of carbonyl (C=O) groups is 1. The molecule has 2 N–H and O–H groups in total. The Bertz CT molecular complexity index is 623. The van der Waals surface area contributed by atoms with Gasteiger partial charge in [-0.2, -0.15) is 0 Å². The maximum atomic E-state index is 12.1. The maximum Gasteiger partial charge on any atom is 0.319 e. The first kappa shape index (κ1) is 16.0. The molecule has 0 saturated heterocycles. The van der Waals surface area contributed by atoms with E-state index in [1.165, 1.54) is 5.56 Å². The van der Waals surface area contributed by atoms with Gasteiger partial charge >= 0.3 is 6.03 Å². The van der Waals surface area contributed by atoms with Crippen molar-refractivity contribution in [3.8, 4) is 0 Å². The monoisotopic (exact) mass is 298 g/mol. The van der Waals surface area contributed by atoms with Gasteiger partial charge in [0.15, 0.2) is 0 Å². The number of methoxy groups -OCH3 is 1. The highest BCUT2D eigenvalue weighted by molar-refractivity contribution is 5.89. The summed E-state index contributed by atoms with van der Waals surface area (Å²) in [5.74, 6) is 0. The van der Waals surface area contributed by atoms with Crippen LogP contribution in [-0.4, -0.2) is 13.1 Å². The third kappa shape index (κ3) is 4.60. The summed E-state index contributed by atoms with van der Waals surface area (Å²) in [7, 11) is 1.65. The fourth-order valence-electron chi connectivity index (χ4n) is 2.21. The first-order chi connectivity index (χ1) is 10.6. The summed E-state index contributed by atoms with van der Waals surface area (Å²) in [6.07, 6.45) is 0. The van der Waals surface area contributed by atoms with Crippen molar-refractivity contribution in [2.24, 2.45) is 0 Å². The SMILES string of the molecule is COCc1cccc(NC(=O)NC(C)c2ccc(C)cc2)c1. The van der Waals surface area contributed by atoms with E-state index in [-0.39, 0.29) is 12.1 Å². The molecule has 4 heteroatoms. The van der Waals surface area contributed by atoms with Crippen LogP contribution in [0.25, 0.3) is 0 Å². The van der Waals surface area contributed by atoms with Crippen molar-refractivity contribution in [1.29, 1.82) is 0 Å². The van der Waals surface area contributed by atoms with Crippen LogP contribution in [0.2, 0.25) is 0 Å². The van der Waals surface area contributed by atoms with Gasteiger partial charge in [-0.3, -0.25) is 0 Å². The highest BCUT2D eigenvalue weighted by Crippen LogP contribution is 2.14. The van der Waals surface area contributed by atoms with Gasteiger partial charge < -0.3 is 15.4 Å². The number of rotatable bonds is 5. The average molecular weight is 298 g/mol. The highest BCUT2D eigenvalue weighted by atomic mass is 16.5. The molecular weight excluding hydrogens is 276 g/mol. The summed E-state index contributed by atoms with van der Waals surface area (Å²) in [6, 6.07) is 15.5. The third-order valence-electron chi connectivity index (χ3n) is 3.42. The number of benzene rings is 2. The zero-order valence-corrected chi connectivity index (χ0v) is 13.2. The molecule has 0 heterocycles. The molecule has 2 amide bonds. The molecule has 0 aliphatic rings. The summed E-state index contributed by atoms with van der Waals surface area (Å²) in [5.41, 5.74) is 4.05. The molecule has 0 fully saturated rings. The van der Waals surface area contributed by atoms with Crippen molar-refractivity contribution in [3.63, 3.8) is 0 Å². The van der Waals surface area contributed by atoms with E-state index < -0.39 is 0 Å². The fraction of sp³-hybridized carbons (Fsp3) is 0.278. The number of aryl methyl sites for hydroxylation is 1. The van der Waals surface area contributed by atoms with Gasteiger partial charge in [0, 0.05) is 12.8 Å². The minimum absolute atomic E-state index is 0.0530. The molecule has 0 aliphatic heterocycles. The van der Waals surface area contributed by atoms with Crippen molar-refractivity contribution in [2.45, 2.75) is 26.5 Å². The predicted molar refractivity (Wildman–Crippen MR) is 88.9 cm³/mol. The summed E-state index contributed by atoms with van der Waals surface area (Å²) in [4.78, 5) is 12.1. The number of anilines is 1. The lowest BCUT2D eigenvalue weighted by Gasteiger charge is -2.15. The Morgan fingerprint density at radius 2 is 1.91 bits per heavy atom. The quantitative estimate of drug-likeness (QED) is 0.875. The van der Waals surface area contributed by atoms with Crippen LogP contribution >= 0.6 is 0 Å². The lowest BCUT2D eigenvalue weighted by Crippen LogP contribution is -2.31. The standard InChI is InChI=1S/C18H22N2O2/c1-13-7-9-16(10-8-13)14(2)19-18(21)20-17-6-4-5-15(11-17)12-22-3/h4-11,14H,12H2,1-3H3,(H2,19,20,21). The van der Waals surface area contributed by atoms with Crippen molar-refractivity contribution in [3.05, 3.63) is 65.2 Å². The molecule has 1 unspecified atom stereocenters. The first-order valence-electron chi connectivity index (χ1n) is 7.30. The van der Waals surface area contributed by atoms with E-state index in [9.17, 15) is 4.79 Å². The molecule has 0 spiro atoms. The van der Waals surface area contributed by atoms with Gasteiger partial charge in [0.25, 0.3) is 0 Å². The number of ether oxygens (including phenoxy) is 1. The van der Waals surface area contributed by atoms with Crippen LogP contribution in [0.5, 0.6) is 0 Å². The Hall–Kier alpha value is -2.33. The Morgan fingerprint density at radius 1 is 1.18 bits per heavy atom. The average Bonchev–Trinajstić information content (AvgIpc) is 2.48.